The third-order valence-corrected chi connectivity index (χ3v) is 5.45. The largest absolute Gasteiger partial charge is 0.485 e. The van der Waals surface area contributed by atoms with E-state index in [0.29, 0.717) is 13.1 Å². The third-order valence-electron chi connectivity index (χ3n) is 5.45. The zero-order chi connectivity index (χ0) is 19.5. The van der Waals surface area contributed by atoms with Crippen molar-refractivity contribution in [2.24, 2.45) is 7.05 Å². The Kier molecular flexibility index (Phi) is 5.36. The molecule has 4 rings (SSSR count). The van der Waals surface area contributed by atoms with Gasteiger partial charge in [-0.1, -0.05) is 0 Å². The van der Waals surface area contributed by atoms with Gasteiger partial charge in [-0.3, -0.25) is 4.68 Å². The molecule has 8 heteroatoms. The van der Waals surface area contributed by atoms with E-state index in [0.717, 1.165) is 36.6 Å². The van der Waals surface area contributed by atoms with Crippen LogP contribution in [0.25, 0.3) is 0 Å². The summed E-state index contributed by atoms with van der Waals surface area (Å²) < 4.78 is 7.99. The molecule has 2 aromatic heterocycles. The van der Waals surface area contributed by atoms with Crippen molar-refractivity contribution < 1.29 is 9.53 Å². The van der Waals surface area contributed by atoms with Crippen molar-refractivity contribution in [3.05, 3.63) is 36.3 Å². The minimum atomic E-state index is -0.0822. The molecule has 0 aliphatic carbocycles. The summed E-state index contributed by atoms with van der Waals surface area (Å²) in [6.45, 7) is 5.30. The Hall–Kier alpha value is -2.77. The van der Waals surface area contributed by atoms with Crippen molar-refractivity contribution in [3.8, 4) is 5.75 Å². The van der Waals surface area contributed by atoms with E-state index in [9.17, 15) is 4.79 Å². The third kappa shape index (κ3) is 4.05. The fourth-order valence-corrected chi connectivity index (χ4v) is 3.85. The number of anilines is 1. The van der Waals surface area contributed by atoms with Gasteiger partial charge in [-0.05, 0) is 31.9 Å². The number of ether oxygens (including phenoxy) is 1. The summed E-state index contributed by atoms with van der Waals surface area (Å²) in [6, 6.07) is 3.74. The lowest BCUT2D eigenvalue weighted by molar-refractivity contribution is 0.185. The Morgan fingerprint density at radius 1 is 1.32 bits per heavy atom. The molecule has 2 aliphatic rings. The molecule has 0 aromatic carbocycles. The van der Waals surface area contributed by atoms with Gasteiger partial charge in [0.05, 0.1) is 18.8 Å². The molecule has 1 N–H and O–H groups in total. The number of pyridine rings is 1. The number of nitrogens with zero attached hydrogens (tertiary/aromatic N) is 5. The highest BCUT2D eigenvalue weighted by Gasteiger charge is 2.30. The normalized spacial score (nSPS) is 20.4. The van der Waals surface area contributed by atoms with E-state index in [1.54, 1.807) is 10.9 Å². The lowest BCUT2D eigenvalue weighted by Crippen LogP contribution is -2.40. The van der Waals surface area contributed by atoms with E-state index in [4.69, 9.17) is 4.74 Å². The molecule has 150 valence electrons. The molecule has 2 unspecified atom stereocenters. The fourth-order valence-electron chi connectivity index (χ4n) is 3.85. The molecule has 0 radical (unpaired) electrons. The number of aromatic nitrogens is 3. The number of hydrogen-bond acceptors (Lipinski definition) is 5. The van der Waals surface area contributed by atoms with E-state index in [1.807, 2.05) is 43.4 Å². The minimum Gasteiger partial charge on any atom is -0.485 e. The summed E-state index contributed by atoms with van der Waals surface area (Å²) in [5, 5.41) is 7.21. The first-order chi connectivity index (χ1) is 13.6. The smallest absolute Gasteiger partial charge is 0.318 e. The number of urea groups is 1. The fraction of sp³-hybridized carbons (Fsp3) is 0.550. The molecule has 2 aliphatic heterocycles. The number of carbonyl (C=O) groups excluding carboxylic acids is 1. The van der Waals surface area contributed by atoms with Gasteiger partial charge < -0.3 is 19.9 Å². The van der Waals surface area contributed by atoms with Crippen LogP contribution in [-0.4, -0.2) is 58.0 Å². The van der Waals surface area contributed by atoms with Crippen molar-refractivity contribution in [2.75, 3.05) is 31.1 Å². The molecular weight excluding hydrogens is 356 g/mol. The van der Waals surface area contributed by atoms with E-state index in [2.05, 4.69) is 20.3 Å². The van der Waals surface area contributed by atoms with Gasteiger partial charge in [0.1, 0.15) is 6.10 Å². The van der Waals surface area contributed by atoms with E-state index in [-0.39, 0.29) is 18.2 Å². The van der Waals surface area contributed by atoms with Gasteiger partial charge >= 0.3 is 6.03 Å². The first-order valence-electron chi connectivity index (χ1n) is 10.0. The van der Waals surface area contributed by atoms with Crippen LogP contribution < -0.4 is 15.0 Å². The van der Waals surface area contributed by atoms with Crippen LogP contribution in [-0.2, 0) is 7.05 Å². The zero-order valence-electron chi connectivity index (χ0n) is 16.5. The molecule has 2 aromatic rings. The number of carbonyl (C=O) groups is 1. The van der Waals surface area contributed by atoms with Gasteiger partial charge in [-0.25, -0.2) is 9.78 Å². The summed E-state index contributed by atoms with van der Waals surface area (Å²) in [5.74, 6) is 1.74. The van der Waals surface area contributed by atoms with Crippen molar-refractivity contribution in [1.29, 1.82) is 0 Å². The van der Waals surface area contributed by atoms with Crippen LogP contribution in [0.3, 0.4) is 0 Å². The molecule has 28 heavy (non-hydrogen) atoms. The van der Waals surface area contributed by atoms with Crippen LogP contribution in [0.5, 0.6) is 5.75 Å². The number of likely N-dealkylation sites (tertiary alicyclic amines) is 1. The summed E-state index contributed by atoms with van der Waals surface area (Å²) in [6.07, 6.45) is 8.72. The van der Waals surface area contributed by atoms with Crippen molar-refractivity contribution in [2.45, 2.75) is 38.3 Å². The van der Waals surface area contributed by atoms with Crippen LogP contribution >= 0.6 is 0 Å². The summed E-state index contributed by atoms with van der Waals surface area (Å²) in [5.41, 5.74) is 0.994. The molecule has 4 heterocycles. The van der Waals surface area contributed by atoms with Crippen molar-refractivity contribution in [1.82, 2.24) is 25.0 Å². The maximum Gasteiger partial charge on any atom is 0.318 e. The second kappa shape index (κ2) is 8.08. The van der Waals surface area contributed by atoms with Gasteiger partial charge in [0.2, 0.25) is 0 Å². The molecule has 8 nitrogen and oxygen atoms in total. The van der Waals surface area contributed by atoms with Crippen LogP contribution in [0.2, 0.25) is 0 Å². The van der Waals surface area contributed by atoms with Crippen molar-refractivity contribution >= 4 is 11.8 Å². The number of amides is 2. The van der Waals surface area contributed by atoms with Crippen LogP contribution in [0.15, 0.2) is 30.7 Å². The first-order valence-corrected chi connectivity index (χ1v) is 10.0. The highest BCUT2D eigenvalue weighted by Crippen LogP contribution is 2.30. The molecule has 0 saturated carbocycles. The molecule has 2 amide bonds. The highest BCUT2D eigenvalue weighted by atomic mass is 16.5. The number of rotatable bonds is 5. The molecule has 0 bridgehead atoms. The SMILES string of the molecule is CC(NC(=O)N1CCC(Oc2cccnc2N2CCCC2)C1)c1cnn(C)c1. The molecule has 2 saturated heterocycles. The number of hydrogen-bond donors (Lipinski definition) is 1. The van der Waals surface area contributed by atoms with E-state index < -0.39 is 0 Å². The van der Waals surface area contributed by atoms with Crippen LogP contribution in [0, 0.1) is 0 Å². The van der Waals surface area contributed by atoms with Gasteiger partial charge in [-0.2, -0.15) is 5.10 Å². The zero-order valence-corrected chi connectivity index (χ0v) is 16.5. The maximum atomic E-state index is 12.6. The van der Waals surface area contributed by atoms with Crippen molar-refractivity contribution in [3.63, 3.8) is 0 Å². The number of aryl methyl sites for hydroxylation is 1. The summed E-state index contributed by atoms with van der Waals surface area (Å²) >= 11 is 0. The summed E-state index contributed by atoms with van der Waals surface area (Å²) in [7, 11) is 1.87. The molecule has 2 fully saturated rings. The lowest BCUT2D eigenvalue weighted by Gasteiger charge is -2.23. The summed E-state index contributed by atoms with van der Waals surface area (Å²) in [4.78, 5) is 21.3. The Morgan fingerprint density at radius 3 is 2.89 bits per heavy atom. The van der Waals surface area contributed by atoms with Crippen LogP contribution in [0.4, 0.5) is 10.6 Å². The maximum absolute atomic E-state index is 12.6. The van der Waals surface area contributed by atoms with E-state index in [1.165, 1.54) is 12.8 Å². The van der Waals surface area contributed by atoms with Gasteiger partial charge in [-0.15, -0.1) is 0 Å². The average molecular weight is 384 g/mol. The number of nitrogens with one attached hydrogen (secondary N) is 1. The highest BCUT2D eigenvalue weighted by molar-refractivity contribution is 5.75. The second-order valence-corrected chi connectivity index (χ2v) is 7.61. The Morgan fingerprint density at radius 2 is 2.14 bits per heavy atom. The average Bonchev–Trinajstić information content (AvgIpc) is 3.44. The first kappa shape index (κ1) is 18.6. The van der Waals surface area contributed by atoms with Crippen LogP contribution in [0.1, 0.15) is 37.8 Å². The quantitative estimate of drug-likeness (QED) is 0.856. The lowest BCUT2D eigenvalue weighted by atomic mass is 10.2. The predicted octanol–water partition coefficient (Wildman–Crippen LogP) is 2.34. The Labute approximate surface area is 165 Å². The van der Waals surface area contributed by atoms with E-state index >= 15 is 0 Å². The molecule has 2 atom stereocenters. The molecular formula is C20H28N6O2. The second-order valence-electron chi connectivity index (χ2n) is 7.61. The van der Waals surface area contributed by atoms with Gasteiger partial charge in [0.15, 0.2) is 11.6 Å². The minimum absolute atomic E-state index is 0.00926. The molecule has 0 spiro atoms. The monoisotopic (exact) mass is 384 g/mol. The Balaban J connectivity index is 1.34. The predicted molar refractivity (Wildman–Crippen MR) is 106 cm³/mol. The Bertz CT molecular complexity index is 817. The van der Waals surface area contributed by atoms with Gasteiger partial charge in [0.25, 0.3) is 0 Å². The van der Waals surface area contributed by atoms with Gasteiger partial charge in [0, 0.05) is 51.1 Å². The standard InChI is InChI=1S/C20H28N6O2/c1-15(16-12-22-24(2)13-16)23-20(27)26-11-7-17(14-26)28-18-6-5-8-21-19(18)25-9-3-4-10-25/h5-6,8,12-13,15,17H,3-4,7,9-11,14H2,1-2H3,(H,23,27). The topological polar surface area (TPSA) is 75.5 Å².